The molecule has 4 aliphatic rings. The Bertz CT molecular complexity index is 1230. The van der Waals surface area contributed by atoms with Gasteiger partial charge in [-0.1, -0.05) is 19.3 Å². The molecule has 13 nitrogen and oxygen atoms in total. The van der Waals surface area contributed by atoms with Crippen molar-refractivity contribution in [2.24, 2.45) is 0 Å². The lowest BCUT2D eigenvalue weighted by atomic mass is 9.96. The Labute approximate surface area is 214 Å². The summed E-state index contributed by atoms with van der Waals surface area (Å²) in [6, 6.07) is 6.55. The molecule has 2 aromatic rings. The number of morpholine rings is 1. The average Bonchev–Trinajstić information content (AvgIpc) is 3.56. The molecule has 0 atom stereocenters. The lowest BCUT2D eigenvalue weighted by Gasteiger charge is -2.40. The maximum absolute atomic E-state index is 11.6. The van der Waals surface area contributed by atoms with Gasteiger partial charge in [0.05, 0.1) is 37.9 Å². The SMILES string of the molecule is COc1cc(N2CCOCC2)ccc1NN1C=C2NNC(c3n[nH]c(=O)o3)=C2N(NC2CCCCC2)C1. The summed E-state index contributed by atoms with van der Waals surface area (Å²) in [5, 5.41) is 10.4. The van der Waals surface area contributed by atoms with Crippen LogP contribution in [0.5, 0.6) is 5.75 Å². The van der Waals surface area contributed by atoms with Crippen LogP contribution >= 0.6 is 0 Å². The highest BCUT2D eigenvalue weighted by Gasteiger charge is 2.34. The summed E-state index contributed by atoms with van der Waals surface area (Å²) in [6.45, 7) is 3.68. The van der Waals surface area contributed by atoms with E-state index in [1.165, 1.54) is 19.3 Å². The summed E-state index contributed by atoms with van der Waals surface area (Å²) < 4.78 is 16.5. The molecule has 3 aliphatic heterocycles. The van der Waals surface area contributed by atoms with Crippen molar-refractivity contribution >= 4 is 17.1 Å². The van der Waals surface area contributed by atoms with E-state index in [1.54, 1.807) is 7.11 Å². The van der Waals surface area contributed by atoms with E-state index in [-0.39, 0.29) is 5.89 Å². The van der Waals surface area contributed by atoms with E-state index in [0.717, 1.165) is 67.7 Å². The Kier molecular flexibility index (Phi) is 6.53. The second-order valence-corrected chi connectivity index (χ2v) is 9.53. The molecule has 198 valence electrons. The normalized spacial score (nSPS) is 20.4. The van der Waals surface area contributed by atoms with Crippen molar-refractivity contribution in [3.05, 3.63) is 52.2 Å². The Morgan fingerprint density at radius 1 is 1.14 bits per heavy atom. The van der Waals surface area contributed by atoms with Crippen molar-refractivity contribution in [3.63, 3.8) is 0 Å². The number of methoxy groups -OCH3 is 1. The van der Waals surface area contributed by atoms with Gasteiger partial charge in [-0.3, -0.25) is 26.3 Å². The van der Waals surface area contributed by atoms with E-state index in [2.05, 4.69) is 53.9 Å². The minimum absolute atomic E-state index is 0.202. The smallest absolute Gasteiger partial charge is 0.434 e. The first kappa shape index (κ1) is 23.6. The number of nitrogens with one attached hydrogen (secondary N) is 5. The van der Waals surface area contributed by atoms with Gasteiger partial charge in [0.15, 0.2) is 0 Å². The summed E-state index contributed by atoms with van der Waals surface area (Å²) in [6.07, 6.45) is 7.88. The molecule has 1 saturated carbocycles. The minimum atomic E-state index is -0.596. The lowest BCUT2D eigenvalue weighted by molar-refractivity contribution is 0.122. The van der Waals surface area contributed by atoms with Gasteiger partial charge >= 0.3 is 5.76 Å². The highest BCUT2D eigenvalue weighted by Crippen LogP contribution is 2.34. The number of rotatable bonds is 7. The van der Waals surface area contributed by atoms with Crippen molar-refractivity contribution in [2.45, 2.75) is 38.1 Å². The van der Waals surface area contributed by atoms with Crippen LogP contribution in [0.25, 0.3) is 5.70 Å². The van der Waals surface area contributed by atoms with Gasteiger partial charge in [-0.05, 0) is 25.0 Å². The van der Waals surface area contributed by atoms with Crippen LogP contribution in [0.1, 0.15) is 38.0 Å². The summed E-state index contributed by atoms with van der Waals surface area (Å²) in [5.41, 5.74) is 17.7. The molecule has 0 spiro atoms. The molecule has 0 radical (unpaired) electrons. The van der Waals surface area contributed by atoms with Gasteiger partial charge in [-0.2, -0.15) is 0 Å². The average molecular weight is 512 g/mol. The molecule has 6 rings (SSSR count). The number of nitrogens with zero attached hydrogens (tertiary/aromatic N) is 4. The molecule has 0 amide bonds. The van der Waals surface area contributed by atoms with Crippen LogP contribution in [0.2, 0.25) is 0 Å². The first-order chi connectivity index (χ1) is 18.2. The first-order valence-corrected chi connectivity index (χ1v) is 12.8. The predicted octanol–water partition coefficient (Wildman–Crippen LogP) is 1.27. The molecule has 5 N–H and O–H groups in total. The van der Waals surface area contributed by atoms with Crippen LogP contribution in [0.15, 0.2) is 45.0 Å². The van der Waals surface area contributed by atoms with E-state index in [0.29, 0.717) is 18.4 Å². The molecule has 1 aromatic heterocycles. The van der Waals surface area contributed by atoms with Crippen LogP contribution in [0.4, 0.5) is 11.4 Å². The van der Waals surface area contributed by atoms with Crippen LogP contribution in [0, 0.1) is 0 Å². The molecule has 1 saturated heterocycles. The quantitative estimate of drug-likeness (QED) is 0.366. The number of ether oxygens (including phenoxy) is 2. The maximum Gasteiger partial charge on any atom is 0.434 e. The standard InChI is InChI=1S/C24H33N9O4/c1-35-20-13-17(31-9-11-36-12-10-31)7-8-18(20)30-32-14-19-22(21(26-25-19)23-27-28-24(34)37-23)33(15-32)29-16-5-3-2-4-6-16/h7-8,13-14,16,25-26,29-30H,2-6,9-12,15H2,1H3,(H,28,34). The Balaban J connectivity index is 1.27. The fourth-order valence-electron chi connectivity index (χ4n) is 5.24. The minimum Gasteiger partial charge on any atom is -0.494 e. The topological polar surface area (TPSA) is 135 Å². The third-order valence-corrected chi connectivity index (χ3v) is 7.08. The van der Waals surface area contributed by atoms with Crippen molar-refractivity contribution < 1.29 is 13.9 Å². The number of fused-ring (bicyclic) bond motifs is 1. The van der Waals surface area contributed by atoms with E-state index in [9.17, 15) is 4.79 Å². The van der Waals surface area contributed by atoms with Crippen molar-refractivity contribution in [1.82, 2.24) is 36.5 Å². The number of aromatic amines is 1. The zero-order chi connectivity index (χ0) is 25.2. The Hall–Kier alpha value is -3.84. The molecule has 13 heteroatoms. The molecule has 0 unspecified atom stereocenters. The maximum atomic E-state index is 11.6. The van der Waals surface area contributed by atoms with Gasteiger partial charge in [-0.15, -0.1) is 5.10 Å². The summed E-state index contributed by atoms with van der Waals surface area (Å²) in [7, 11) is 1.68. The molecule has 4 heterocycles. The second kappa shape index (κ2) is 10.3. The molecule has 2 fully saturated rings. The van der Waals surface area contributed by atoms with Crippen molar-refractivity contribution in [1.29, 1.82) is 0 Å². The number of anilines is 2. The highest BCUT2D eigenvalue weighted by molar-refractivity contribution is 5.69. The zero-order valence-corrected chi connectivity index (χ0v) is 20.9. The number of hydrogen-bond acceptors (Lipinski definition) is 12. The number of hydrazine groups is 3. The predicted molar refractivity (Wildman–Crippen MR) is 137 cm³/mol. The highest BCUT2D eigenvalue weighted by atomic mass is 16.5. The van der Waals surface area contributed by atoms with Gasteiger partial charge in [0.2, 0.25) is 0 Å². The van der Waals surface area contributed by atoms with Crippen LogP contribution in [-0.4, -0.2) is 66.3 Å². The Morgan fingerprint density at radius 2 is 1.97 bits per heavy atom. The van der Waals surface area contributed by atoms with Gasteiger partial charge in [0.25, 0.3) is 5.89 Å². The largest absolute Gasteiger partial charge is 0.494 e. The zero-order valence-electron chi connectivity index (χ0n) is 20.9. The van der Waals surface area contributed by atoms with Gasteiger partial charge < -0.3 is 18.8 Å². The monoisotopic (exact) mass is 511 g/mol. The van der Waals surface area contributed by atoms with Crippen LogP contribution < -0.4 is 37.1 Å². The molecule has 1 aromatic carbocycles. The van der Waals surface area contributed by atoms with E-state index in [4.69, 9.17) is 13.9 Å². The number of H-pyrrole nitrogens is 1. The molecular formula is C24H33N9O4. The van der Waals surface area contributed by atoms with E-state index >= 15 is 0 Å². The van der Waals surface area contributed by atoms with Crippen LogP contribution in [0.3, 0.4) is 0 Å². The number of hydrogen-bond donors (Lipinski definition) is 5. The van der Waals surface area contributed by atoms with Crippen molar-refractivity contribution in [3.8, 4) is 5.75 Å². The second-order valence-electron chi connectivity index (χ2n) is 9.53. The van der Waals surface area contributed by atoms with Gasteiger partial charge in [-0.25, -0.2) is 15.3 Å². The van der Waals surface area contributed by atoms with Gasteiger partial charge in [0.1, 0.15) is 23.8 Å². The third-order valence-electron chi connectivity index (χ3n) is 7.08. The van der Waals surface area contributed by atoms with E-state index < -0.39 is 5.76 Å². The fraction of sp³-hybridized carbons (Fsp3) is 0.500. The number of benzene rings is 1. The Morgan fingerprint density at radius 3 is 2.73 bits per heavy atom. The fourth-order valence-corrected chi connectivity index (χ4v) is 5.24. The van der Waals surface area contributed by atoms with Crippen LogP contribution in [-0.2, 0) is 4.74 Å². The van der Waals surface area contributed by atoms with Gasteiger partial charge in [0, 0.05) is 30.9 Å². The number of aromatic nitrogens is 2. The third kappa shape index (κ3) is 4.91. The summed E-state index contributed by atoms with van der Waals surface area (Å²) in [5.74, 6) is 0.362. The molecule has 0 bridgehead atoms. The first-order valence-electron chi connectivity index (χ1n) is 12.8. The molecule has 37 heavy (non-hydrogen) atoms. The molecular weight excluding hydrogens is 478 g/mol. The van der Waals surface area contributed by atoms with E-state index in [1.807, 2.05) is 17.3 Å². The lowest BCUT2D eigenvalue weighted by Crippen LogP contribution is -2.52. The summed E-state index contributed by atoms with van der Waals surface area (Å²) >= 11 is 0. The molecule has 1 aliphatic carbocycles. The summed E-state index contributed by atoms with van der Waals surface area (Å²) in [4.78, 5) is 13.9. The van der Waals surface area contributed by atoms with Crippen molar-refractivity contribution in [2.75, 3.05) is 50.4 Å².